The summed E-state index contributed by atoms with van der Waals surface area (Å²) < 4.78 is 5.05. The molecule has 8 aromatic rings. The number of nitrogens with one attached hydrogen (secondary N) is 1. The van der Waals surface area contributed by atoms with E-state index < -0.39 is 0 Å². The van der Waals surface area contributed by atoms with Crippen LogP contribution in [-0.2, 0) is 0 Å². The third kappa shape index (κ3) is 2.61. The summed E-state index contributed by atoms with van der Waals surface area (Å²) in [6.45, 7) is 0. The van der Waals surface area contributed by atoms with Crippen LogP contribution in [0.5, 0.6) is 0 Å². The van der Waals surface area contributed by atoms with Gasteiger partial charge in [0.15, 0.2) is 5.82 Å². The molecule has 0 fully saturated rings. The molecule has 0 saturated heterocycles. The number of hydrogen-bond acceptors (Lipinski definition) is 3. The van der Waals surface area contributed by atoms with Gasteiger partial charge in [0, 0.05) is 36.3 Å². The van der Waals surface area contributed by atoms with Gasteiger partial charge in [-0.2, -0.15) is 0 Å². The van der Waals surface area contributed by atoms with E-state index in [1.807, 2.05) is 11.3 Å². The fourth-order valence-electron chi connectivity index (χ4n) is 6.92. The number of benzene rings is 5. The van der Waals surface area contributed by atoms with Crippen molar-refractivity contribution < 1.29 is 0 Å². The van der Waals surface area contributed by atoms with Gasteiger partial charge in [0.25, 0.3) is 0 Å². The summed E-state index contributed by atoms with van der Waals surface area (Å²) in [4.78, 5) is 5.26. The van der Waals surface area contributed by atoms with Crippen molar-refractivity contribution in [2.24, 2.45) is 4.99 Å². The van der Waals surface area contributed by atoms with E-state index in [-0.39, 0.29) is 6.04 Å². The van der Waals surface area contributed by atoms with Crippen LogP contribution in [0.15, 0.2) is 120 Å². The molecule has 10 rings (SSSR count). The average molecular weight is 528 g/mol. The third-order valence-corrected chi connectivity index (χ3v) is 9.82. The number of aromatic nitrogens is 1. The molecular formula is C36H21N3S. The molecule has 0 saturated carbocycles. The van der Waals surface area contributed by atoms with E-state index in [2.05, 4.69) is 125 Å². The molecule has 3 nitrogen and oxygen atoms in total. The van der Waals surface area contributed by atoms with Crippen LogP contribution in [0, 0.1) is 0 Å². The summed E-state index contributed by atoms with van der Waals surface area (Å²) >= 11 is 1.88. The van der Waals surface area contributed by atoms with E-state index in [0.29, 0.717) is 0 Å². The Balaban J connectivity index is 1.40. The van der Waals surface area contributed by atoms with E-state index in [1.165, 1.54) is 69.3 Å². The Bertz CT molecular complexity index is 2470. The maximum Gasteiger partial charge on any atom is 0.162 e. The lowest BCUT2D eigenvalue weighted by Gasteiger charge is -2.23. The van der Waals surface area contributed by atoms with Gasteiger partial charge in [-0.05, 0) is 64.4 Å². The summed E-state index contributed by atoms with van der Waals surface area (Å²) in [5.41, 5.74) is 7.10. The van der Waals surface area contributed by atoms with Crippen molar-refractivity contribution in [2.75, 3.05) is 5.32 Å². The zero-order chi connectivity index (χ0) is 25.9. The minimum atomic E-state index is 0.0894. The Hall–Kier alpha value is -4.93. The average Bonchev–Trinajstić information content (AvgIpc) is 3.65. The second-order valence-electron chi connectivity index (χ2n) is 10.8. The molecule has 1 unspecified atom stereocenters. The minimum Gasteiger partial charge on any atom is -0.370 e. The molecule has 0 radical (unpaired) electrons. The summed E-state index contributed by atoms with van der Waals surface area (Å²) in [6, 6.07) is 33.7. The summed E-state index contributed by atoms with van der Waals surface area (Å²) in [5, 5.41) is 12.9. The van der Waals surface area contributed by atoms with Crippen molar-refractivity contribution >= 4 is 86.7 Å². The third-order valence-electron chi connectivity index (χ3n) is 8.69. The lowest BCUT2D eigenvalue weighted by molar-refractivity contribution is 1.11. The van der Waals surface area contributed by atoms with Crippen molar-refractivity contribution in [3.63, 3.8) is 0 Å². The maximum absolute atomic E-state index is 5.26. The van der Waals surface area contributed by atoms with Gasteiger partial charge >= 0.3 is 0 Å². The standard InChI is InChI=1S/C36H21N3S/c1-2-8-21-17-22(14-13-20(21)7-1)23-18-25-32-29(15-16-31-33(32)24-9-3-6-12-30(24)40-31)39-35(25)26(19-23)34-36(39)38-28-11-5-4-10-27(28)37-34/h1-19,27,37H. The topological polar surface area (TPSA) is 28.8 Å². The van der Waals surface area contributed by atoms with Crippen LogP contribution < -0.4 is 5.32 Å². The van der Waals surface area contributed by atoms with E-state index in [0.717, 1.165) is 17.2 Å². The number of rotatable bonds is 1. The summed E-state index contributed by atoms with van der Waals surface area (Å²) in [7, 11) is 0. The molecule has 0 amide bonds. The fraction of sp³-hybridized carbons (Fsp3) is 0.0278. The molecule has 4 heterocycles. The molecule has 186 valence electrons. The quantitative estimate of drug-likeness (QED) is 0.226. The molecule has 0 bridgehead atoms. The highest BCUT2D eigenvalue weighted by atomic mass is 32.1. The molecular weight excluding hydrogens is 506 g/mol. The Morgan fingerprint density at radius 3 is 2.55 bits per heavy atom. The Morgan fingerprint density at radius 1 is 0.700 bits per heavy atom. The molecule has 2 aliphatic rings. The van der Waals surface area contributed by atoms with Crippen LogP contribution in [-0.4, -0.2) is 16.2 Å². The zero-order valence-corrected chi connectivity index (χ0v) is 22.2. The summed E-state index contributed by atoms with van der Waals surface area (Å²) in [5.74, 6) is 0.996. The number of nitrogens with zero attached hydrogens (tertiary/aromatic N) is 2. The highest BCUT2D eigenvalue weighted by Gasteiger charge is 2.29. The molecule has 1 aliphatic heterocycles. The minimum absolute atomic E-state index is 0.0894. The first kappa shape index (κ1) is 21.0. The van der Waals surface area contributed by atoms with Crippen LogP contribution >= 0.6 is 11.3 Å². The first-order valence-corrected chi connectivity index (χ1v) is 14.5. The molecule has 3 aromatic heterocycles. The second kappa shape index (κ2) is 7.38. The Kier molecular flexibility index (Phi) is 3.87. The van der Waals surface area contributed by atoms with E-state index in [9.17, 15) is 0 Å². The Labute approximate surface area is 233 Å². The van der Waals surface area contributed by atoms with E-state index >= 15 is 0 Å². The van der Waals surface area contributed by atoms with Gasteiger partial charge in [-0.3, -0.25) is 4.40 Å². The van der Waals surface area contributed by atoms with Crippen molar-refractivity contribution in [2.45, 2.75) is 6.04 Å². The second-order valence-corrected chi connectivity index (χ2v) is 11.9. The molecule has 1 aliphatic carbocycles. The largest absolute Gasteiger partial charge is 0.370 e. The van der Waals surface area contributed by atoms with Crippen LogP contribution in [0.1, 0.15) is 0 Å². The van der Waals surface area contributed by atoms with Gasteiger partial charge < -0.3 is 5.32 Å². The van der Waals surface area contributed by atoms with Gasteiger partial charge in [-0.1, -0.05) is 72.8 Å². The van der Waals surface area contributed by atoms with Crippen molar-refractivity contribution in [3.8, 4) is 11.1 Å². The monoisotopic (exact) mass is 527 g/mol. The highest BCUT2D eigenvalue weighted by Crippen LogP contribution is 2.51. The molecule has 4 heteroatoms. The van der Waals surface area contributed by atoms with Crippen LogP contribution in [0.4, 0.5) is 11.5 Å². The lowest BCUT2D eigenvalue weighted by Crippen LogP contribution is -2.29. The van der Waals surface area contributed by atoms with Gasteiger partial charge in [-0.15, -0.1) is 11.3 Å². The van der Waals surface area contributed by atoms with E-state index in [4.69, 9.17) is 4.99 Å². The molecule has 1 N–H and O–H groups in total. The molecule has 0 spiro atoms. The fourth-order valence-corrected chi connectivity index (χ4v) is 8.03. The number of aliphatic imine (C=N–C) groups is 1. The van der Waals surface area contributed by atoms with Gasteiger partial charge in [-0.25, -0.2) is 4.99 Å². The Morgan fingerprint density at radius 2 is 1.57 bits per heavy atom. The van der Waals surface area contributed by atoms with Crippen molar-refractivity contribution in [3.05, 3.63) is 115 Å². The first-order chi connectivity index (χ1) is 19.8. The number of thiophene rings is 1. The zero-order valence-electron chi connectivity index (χ0n) is 21.3. The van der Waals surface area contributed by atoms with Crippen molar-refractivity contribution in [1.29, 1.82) is 0 Å². The molecule has 1 atom stereocenters. The number of allylic oxidation sites excluding steroid dienone is 2. The lowest BCUT2D eigenvalue weighted by atomic mass is 9.96. The number of anilines is 1. The van der Waals surface area contributed by atoms with Crippen molar-refractivity contribution in [1.82, 2.24) is 4.40 Å². The highest BCUT2D eigenvalue weighted by molar-refractivity contribution is 7.26. The number of fused-ring (bicyclic) bond motifs is 12. The predicted octanol–water partition coefficient (Wildman–Crippen LogP) is 9.86. The SMILES string of the molecule is C1=CC2=Nc3c(c4cc(-c5ccc6ccccc6c5)cc5c6c7c(ccc6n3c45)sc3ccccc37)NC2C=C1. The van der Waals surface area contributed by atoms with Crippen LogP contribution in [0.25, 0.3) is 69.3 Å². The van der Waals surface area contributed by atoms with Gasteiger partial charge in [0.1, 0.15) is 0 Å². The normalized spacial score (nSPS) is 16.4. The first-order valence-electron chi connectivity index (χ1n) is 13.7. The number of hydrogen-bond donors (Lipinski definition) is 1. The van der Waals surface area contributed by atoms with Crippen LogP contribution in [0.3, 0.4) is 0 Å². The predicted molar refractivity (Wildman–Crippen MR) is 172 cm³/mol. The smallest absolute Gasteiger partial charge is 0.162 e. The van der Waals surface area contributed by atoms with E-state index in [1.54, 1.807) is 0 Å². The van der Waals surface area contributed by atoms with Gasteiger partial charge in [0.05, 0.1) is 28.5 Å². The van der Waals surface area contributed by atoms with Gasteiger partial charge in [0.2, 0.25) is 0 Å². The molecule has 5 aromatic carbocycles. The maximum atomic E-state index is 5.26. The van der Waals surface area contributed by atoms with Crippen LogP contribution in [0.2, 0.25) is 0 Å². The molecule has 40 heavy (non-hydrogen) atoms. The summed E-state index contributed by atoms with van der Waals surface area (Å²) in [6.07, 6.45) is 8.50.